The molecule has 1 unspecified atom stereocenters. The average molecular weight is 450 g/mol. The Morgan fingerprint density at radius 3 is 2.41 bits per heavy atom. The Morgan fingerprint density at radius 2 is 1.91 bits per heavy atom. The minimum Gasteiger partial charge on any atom is -0.481 e. The van der Waals surface area contributed by atoms with Crippen molar-refractivity contribution < 1.29 is 23.1 Å². The highest BCUT2D eigenvalue weighted by molar-refractivity contribution is 5.67. The molecule has 0 spiro atoms. The second kappa shape index (κ2) is 10.1. The van der Waals surface area contributed by atoms with Crippen molar-refractivity contribution in [2.75, 3.05) is 11.4 Å². The first-order chi connectivity index (χ1) is 15.1. The van der Waals surface area contributed by atoms with E-state index in [0.717, 1.165) is 24.9 Å². The summed E-state index contributed by atoms with van der Waals surface area (Å²) in [6.07, 6.45) is 2.86. The summed E-state index contributed by atoms with van der Waals surface area (Å²) in [6, 6.07) is 8.42. The number of alkyl halides is 3. The molecular weight excluding hydrogens is 415 g/mol. The smallest absolute Gasteiger partial charge is 0.416 e. The van der Waals surface area contributed by atoms with E-state index in [-0.39, 0.29) is 30.2 Å². The van der Waals surface area contributed by atoms with Gasteiger partial charge in [0.15, 0.2) is 0 Å². The van der Waals surface area contributed by atoms with Gasteiger partial charge in [0, 0.05) is 30.6 Å². The van der Waals surface area contributed by atoms with Gasteiger partial charge in [-0.25, -0.2) is 0 Å². The minimum absolute atomic E-state index is 0.0276. The molecule has 3 rings (SSSR count). The zero-order valence-electron chi connectivity index (χ0n) is 19.1. The summed E-state index contributed by atoms with van der Waals surface area (Å²) >= 11 is 0. The van der Waals surface area contributed by atoms with Crippen LogP contribution in [0.2, 0.25) is 0 Å². The van der Waals surface area contributed by atoms with E-state index in [1.807, 2.05) is 0 Å². The summed E-state index contributed by atoms with van der Waals surface area (Å²) in [4.78, 5) is 13.9. The Bertz CT molecular complexity index is 842. The van der Waals surface area contributed by atoms with Crippen LogP contribution in [0, 0.1) is 17.8 Å². The van der Waals surface area contributed by atoms with E-state index in [1.165, 1.54) is 17.7 Å². The molecule has 0 saturated carbocycles. The predicted octanol–water partition coefficient (Wildman–Crippen LogP) is 6.96. The van der Waals surface area contributed by atoms with E-state index in [2.05, 4.69) is 49.9 Å². The Labute approximate surface area is 189 Å². The van der Waals surface area contributed by atoms with E-state index in [9.17, 15) is 23.1 Å². The summed E-state index contributed by atoms with van der Waals surface area (Å²) in [5, 5.41) is 9.48. The fourth-order valence-electron chi connectivity index (χ4n) is 5.40. The Balaban J connectivity index is 1.95. The highest BCUT2D eigenvalue weighted by Gasteiger charge is 2.43. The van der Waals surface area contributed by atoms with Gasteiger partial charge in [-0.2, -0.15) is 13.2 Å². The molecule has 1 aliphatic heterocycles. The molecule has 6 heteroatoms. The lowest BCUT2D eigenvalue weighted by atomic mass is 9.69. The van der Waals surface area contributed by atoms with Crippen molar-refractivity contribution in [3.63, 3.8) is 0 Å². The van der Waals surface area contributed by atoms with Crippen molar-refractivity contribution in [3.05, 3.63) is 53.6 Å². The highest BCUT2D eigenvalue weighted by Crippen LogP contribution is 2.43. The number of piperidine rings is 1. The number of halogens is 3. The zero-order valence-corrected chi connectivity index (χ0v) is 19.1. The molecule has 1 saturated heterocycles. The summed E-state index contributed by atoms with van der Waals surface area (Å²) < 4.78 is 39.5. The molecule has 1 N–H and O–H groups in total. The van der Waals surface area contributed by atoms with Crippen LogP contribution in [0.4, 0.5) is 18.9 Å². The summed E-state index contributed by atoms with van der Waals surface area (Å²) in [5.74, 6) is -0.321. The van der Waals surface area contributed by atoms with Gasteiger partial charge in [0.2, 0.25) is 0 Å². The molecule has 0 radical (unpaired) electrons. The van der Waals surface area contributed by atoms with Crippen molar-refractivity contribution in [2.24, 2.45) is 17.8 Å². The van der Waals surface area contributed by atoms with Gasteiger partial charge in [0.25, 0.3) is 0 Å². The van der Waals surface area contributed by atoms with Crippen LogP contribution in [0.1, 0.15) is 64.4 Å². The standard InChI is InChI=1S/C26H34F3NO2/c1-4-5-23-20(16-24(31)32)14-15-30(22-12-8-18(9-13-22)17(2)3)25(23)19-6-10-21(11-7-19)26(27,28)29/h6,8-13,17,19-20,23,25H,4-5,7,14-16H2,1-3H3,(H,31,32)/t19-,20-,23-,25?/m1/s1. The molecular formula is C26H34F3NO2. The second-order valence-electron chi connectivity index (χ2n) is 9.45. The summed E-state index contributed by atoms with van der Waals surface area (Å²) in [7, 11) is 0. The normalized spacial score (nSPS) is 26.3. The molecule has 1 heterocycles. The van der Waals surface area contributed by atoms with E-state index >= 15 is 0 Å². The molecule has 4 atom stereocenters. The van der Waals surface area contributed by atoms with E-state index in [4.69, 9.17) is 0 Å². The lowest BCUT2D eigenvalue weighted by Crippen LogP contribution is -2.53. The predicted molar refractivity (Wildman–Crippen MR) is 122 cm³/mol. The van der Waals surface area contributed by atoms with Crippen molar-refractivity contribution >= 4 is 11.7 Å². The van der Waals surface area contributed by atoms with Gasteiger partial charge >= 0.3 is 12.1 Å². The van der Waals surface area contributed by atoms with Crippen LogP contribution in [-0.4, -0.2) is 29.8 Å². The van der Waals surface area contributed by atoms with Crippen LogP contribution in [0.15, 0.2) is 48.1 Å². The Hall–Kier alpha value is -2.24. The zero-order chi connectivity index (χ0) is 23.5. The van der Waals surface area contributed by atoms with Crippen LogP contribution in [0.3, 0.4) is 0 Å². The number of aliphatic carboxylic acids is 1. The molecule has 1 fully saturated rings. The maximum Gasteiger partial charge on any atom is 0.416 e. The Morgan fingerprint density at radius 1 is 1.22 bits per heavy atom. The fourth-order valence-corrected chi connectivity index (χ4v) is 5.40. The number of hydrogen-bond acceptors (Lipinski definition) is 2. The monoisotopic (exact) mass is 449 g/mol. The van der Waals surface area contributed by atoms with E-state index in [0.29, 0.717) is 18.9 Å². The number of benzene rings is 1. The topological polar surface area (TPSA) is 40.5 Å². The highest BCUT2D eigenvalue weighted by atomic mass is 19.4. The van der Waals surface area contributed by atoms with E-state index < -0.39 is 17.7 Å². The number of rotatable bonds is 7. The van der Waals surface area contributed by atoms with Crippen LogP contribution in [0.25, 0.3) is 0 Å². The first kappa shape index (κ1) is 24.4. The fraction of sp³-hybridized carbons (Fsp3) is 0.577. The van der Waals surface area contributed by atoms with Gasteiger partial charge in [-0.15, -0.1) is 0 Å². The lowest BCUT2D eigenvalue weighted by molar-refractivity contribution is -0.139. The summed E-state index contributed by atoms with van der Waals surface area (Å²) in [6.45, 7) is 7.08. The minimum atomic E-state index is -4.34. The lowest BCUT2D eigenvalue weighted by Gasteiger charge is -2.50. The molecule has 0 aromatic heterocycles. The van der Waals surface area contributed by atoms with Crippen molar-refractivity contribution in [3.8, 4) is 0 Å². The van der Waals surface area contributed by atoms with Crippen molar-refractivity contribution in [2.45, 2.75) is 71.0 Å². The number of carboxylic acid groups (broad SMARTS) is 1. The Kier molecular flexibility index (Phi) is 7.73. The van der Waals surface area contributed by atoms with Gasteiger partial charge < -0.3 is 10.0 Å². The number of carboxylic acids is 1. The molecule has 3 nitrogen and oxygen atoms in total. The van der Waals surface area contributed by atoms with Gasteiger partial charge in [0.1, 0.15) is 0 Å². The van der Waals surface area contributed by atoms with Gasteiger partial charge in [-0.05, 0) is 54.7 Å². The third-order valence-corrected chi connectivity index (χ3v) is 6.99. The largest absolute Gasteiger partial charge is 0.481 e. The van der Waals surface area contributed by atoms with E-state index in [1.54, 1.807) is 6.08 Å². The first-order valence-corrected chi connectivity index (χ1v) is 11.7. The second-order valence-corrected chi connectivity index (χ2v) is 9.45. The molecule has 32 heavy (non-hydrogen) atoms. The maximum absolute atomic E-state index is 13.2. The number of allylic oxidation sites excluding steroid dienone is 3. The number of carbonyl (C=O) groups is 1. The molecule has 0 bridgehead atoms. The molecule has 1 aromatic carbocycles. The average Bonchev–Trinajstić information content (AvgIpc) is 2.74. The molecule has 1 aromatic rings. The SMILES string of the molecule is CCC[C@H]1C([C@@H]2C=CC(C(F)(F)F)=CC2)N(c2ccc(C(C)C)cc2)CC[C@@H]1CC(=O)O. The number of nitrogens with zero attached hydrogens (tertiary/aromatic N) is 1. The molecule has 2 aliphatic rings. The third kappa shape index (κ3) is 5.57. The third-order valence-electron chi connectivity index (χ3n) is 6.99. The van der Waals surface area contributed by atoms with Crippen molar-refractivity contribution in [1.82, 2.24) is 0 Å². The van der Waals surface area contributed by atoms with Crippen LogP contribution < -0.4 is 4.90 Å². The first-order valence-electron chi connectivity index (χ1n) is 11.7. The van der Waals surface area contributed by atoms with Crippen LogP contribution >= 0.6 is 0 Å². The maximum atomic E-state index is 13.2. The molecule has 1 aliphatic carbocycles. The van der Waals surface area contributed by atoms with Gasteiger partial charge in [0.05, 0.1) is 5.57 Å². The van der Waals surface area contributed by atoms with Gasteiger partial charge in [-0.3, -0.25) is 4.79 Å². The number of hydrogen-bond donors (Lipinski definition) is 1. The van der Waals surface area contributed by atoms with Gasteiger partial charge in [-0.1, -0.05) is 57.6 Å². The molecule has 0 amide bonds. The number of anilines is 1. The quantitative estimate of drug-likeness (QED) is 0.489. The van der Waals surface area contributed by atoms with Crippen molar-refractivity contribution in [1.29, 1.82) is 0 Å². The van der Waals surface area contributed by atoms with Crippen LogP contribution in [0.5, 0.6) is 0 Å². The van der Waals surface area contributed by atoms with Crippen LogP contribution in [-0.2, 0) is 4.79 Å². The molecule has 176 valence electrons. The summed E-state index contributed by atoms with van der Waals surface area (Å²) in [5.41, 5.74) is 1.71.